The molecule has 1 atom stereocenters. The number of thiophene rings is 2. The van der Waals surface area contributed by atoms with Gasteiger partial charge in [-0.2, -0.15) is 5.10 Å². The van der Waals surface area contributed by atoms with Crippen LogP contribution in [-0.2, 0) is 9.53 Å². The first-order valence-electron chi connectivity index (χ1n) is 12.3. The molecule has 5 rings (SSSR count). The normalized spacial score (nSPS) is 18.2. The molecule has 2 aliphatic heterocycles. The van der Waals surface area contributed by atoms with Crippen molar-refractivity contribution < 1.29 is 14.3 Å². The molecule has 2 aromatic heterocycles. The Morgan fingerprint density at radius 1 is 1.11 bits per heavy atom. The number of carbonyl (C=O) groups is 2. The molecule has 0 bridgehead atoms. The minimum Gasteiger partial charge on any atom is -0.379 e. The lowest BCUT2D eigenvalue weighted by Gasteiger charge is -2.31. The molecule has 4 heterocycles. The van der Waals surface area contributed by atoms with Crippen LogP contribution < -0.4 is 0 Å². The van der Waals surface area contributed by atoms with Gasteiger partial charge in [0.05, 0.1) is 40.4 Å². The number of amides is 2. The molecule has 0 N–H and O–H groups in total. The van der Waals surface area contributed by atoms with Gasteiger partial charge in [-0.3, -0.25) is 14.5 Å². The molecule has 1 aromatic carbocycles. The average Bonchev–Trinajstić information content (AvgIpc) is 3.67. The Hall–Kier alpha value is -2.56. The fraction of sp³-hybridized carbons (Fsp3) is 0.370. The van der Waals surface area contributed by atoms with E-state index in [0.29, 0.717) is 43.3 Å². The number of hydrazone groups is 1. The highest BCUT2D eigenvalue weighted by Gasteiger charge is 2.36. The van der Waals surface area contributed by atoms with Gasteiger partial charge in [0.15, 0.2) is 0 Å². The van der Waals surface area contributed by atoms with E-state index in [2.05, 4.69) is 17.9 Å². The van der Waals surface area contributed by atoms with Crippen LogP contribution in [0.3, 0.4) is 0 Å². The average molecular weight is 557 g/mol. The van der Waals surface area contributed by atoms with Crippen LogP contribution in [0, 0.1) is 6.92 Å². The molecule has 7 nitrogen and oxygen atoms in total. The first-order valence-corrected chi connectivity index (χ1v) is 14.5. The van der Waals surface area contributed by atoms with E-state index in [9.17, 15) is 9.59 Å². The maximum atomic E-state index is 13.8. The van der Waals surface area contributed by atoms with E-state index in [4.69, 9.17) is 21.4 Å². The predicted octanol–water partition coefficient (Wildman–Crippen LogP) is 4.92. The van der Waals surface area contributed by atoms with E-state index in [1.165, 1.54) is 0 Å². The smallest absolute Gasteiger partial charge is 0.262 e. The third-order valence-corrected chi connectivity index (χ3v) is 9.05. The molecule has 0 unspecified atom stereocenters. The zero-order valence-corrected chi connectivity index (χ0v) is 23.0. The fourth-order valence-corrected chi connectivity index (χ4v) is 6.59. The highest BCUT2D eigenvalue weighted by molar-refractivity contribution is 7.12. The summed E-state index contributed by atoms with van der Waals surface area (Å²) < 4.78 is 5.46. The van der Waals surface area contributed by atoms with Crippen LogP contribution >= 0.6 is 34.3 Å². The molecule has 0 saturated carbocycles. The Labute approximate surface area is 229 Å². The van der Waals surface area contributed by atoms with Gasteiger partial charge in [0.1, 0.15) is 6.54 Å². The summed E-state index contributed by atoms with van der Waals surface area (Å²) in [6, 6.07) is 12.9. The van der Waals surface area contributed by atoms with E-state index in [-0.39, 0.29) is 24.4 Å². The second-order valence-corrected chi connectivity index (χ2v) is 11.4. The molecule has 3 aromatic rings. The van der Waals surface area contributed by atoms with Gasteiger partial charge >= 0.3 is 0 Å². The number of hydrogen-bond donors (Lipinski definition) is 0. The monoisotopic (exact) mass is 556 g/mol. The SMILES string of the molecule is Cc1ccsc1[C@@H]1CC(c2cccs2)=NN1C(=O)CN(CCN1CCOCC1)C(=O)c1ccccc1Cl. The minimum absolute atomic E-state index is 0.0729. The van der Waals surface area contributed by atoms with Gasteiger partial charge in [-0.25, -0.2) is 5.01 Å². The maximum Gasteiger partial charge on any atom is 0.262 e. The Bertz CT molecular complexity index is 1270. The Kier molecular flexibility index (Phi) is 8.36. The van der Waals surface area contributed by atoms with Crippen molar-refractivity contribution in [3.63, 3.8) is 0 Å². The van der Waals surface area contributed by atoms with Gasteiger partial charge in [0, 0.05) is 37.5 Å². The number of nitrogens with zero attached hydrogens (tertiary/aromatic N) is 4. The summed E-state index contributed by atoms with van der Waals surface area (Å²) in [5, 5.41) is 10.8. The molecular formula is C27H29ClN4O3S2. The van der Waals surface area contributed by atoms with E-state index in [0.717, 1.165) is 34.1 Å². The number of carbonyl (C=O) groups excluding carboxylic acids is 2. The molecule has 1 fully saturated rings. The van der Waals surface area contributed by atoms with Gasteiger partial charge in [-0.15, -0.1) is 22.7 Å². The lowest BCUT2D eigenvalue weighted by molar-refractivity contribution is -0.133. The first kappa shape index (κ1) is 26.1. The van der Waals surface area contributed by atoms with E-state index < -0.39 is 0 Å². The molecule has 0 radical (unpaired) electrons. The molecule has 0 aliphatic carbocycles. The van der Waals surface area contributed by atoms with Crippen LogP contribution in [0.4, 0.5) is 0 Å². The lowest BCUT2D eigenvalue weighted by atomic mass is 10.1. The van der Waals surface area contributed by atoms with Crippen LogP contribution in [0.1, 0.15) is 38.1 Å². The van der Waals surface area contributed by atoms with Crippen molar-refractivity contribution in [2.75, 3.05) is 45.9 Å². The van der Waals surface area contributed by atoms with Crippen LogP contribution in [-0.4, -0.2) is 78.3 Å². The van der Waals surface area contributed by atoms with E-state index >= 15 is 0 Å². The van der Waals surface area contributed by atoms with Gasteiger partial charge in [-0.1, -0.05) is 29.8 Å². The van der Waals surface area contributed by atoms with Crippen molar-refractivity contribution >= 4 is 51.8 Å². The maximum absolute atomic E-state index is 13.8. The van der Waals surface area contributed by atoms with Gasteiger partial charge in [0.25, 0.3) is 11.8 Å². The van der Waals surface area contributed by atoms with Crippen LogP contribution in [0.15, 0.2) is 58.3 Å². The van der Waals surface area contributed by atoms with Crippen molar-refractivity contribution in [1.82, 2.24) is 14.8 Å². The number of rotatable bonds is 8. The summed E-state index contributed by atoms with van der Waals surface area (Å²) in [7, 11) is 0. The van der Waals surface area contributed by atoms with Crippen LogP contribution in [0.5, 0.6) is 0 Å². The first-order chi connectivity index (χ1) is 18.0. The molecule has 2 amide bonds. The molecule has 37 heavy (non-hydrogen) atoms. The number of aryl methyl sites for hydroxylation is 1. The van der Waals surface area contributed by atoms with Crippen molar-refractivity contribution in [1.29, 1.82) is 0 Å². The Morgan fingerprint density at radius 3 is 2.62 bits per heavy atom. The summed E-state index contributed by atoms with van der Waals surface area (Å²) >= 11 is 9.63. The molecular weight excluding hydrogens is 528 g/mol. The summed E-state index contributed by atoms with van der Waals surface area (Å²) in [6.45, 7) is 6.02. The quantitative estimate of drug-likeness (QED) is 0.395. The topological polar surface area (TPSA) is 65.5 Å². The summed E-state index contributed by atoms with van der Waals surface area (Å²) in [4.78, 5) is 33.5. The predicted molar refractivity (Wildman–Crippen MR) is 149 cm³/mol. The van der Waals surface area contributed by atoms with E-state index in [1.807, 2.05) is 22.9 Å². The van der Waals surface area contributed by atoms with Crippen LogP contribution in [0.2, 0.25) is 5.02 Å². The highest BCUT2D eigenvalue weighted by atomic mass is 35.5. The molecule has 0 spiro atoms. The van der Waals surface area contributed by atoms with E-state index in [1.54, 1.807) is 56.8 Å². The summed E-state index contributed by atoms with van der Waals surface area (Å²) in [6.07, 6.45) is 0.653. The standard InChI is InChI=1S/C27H29ClN4O3S2/c1-19-8-16-37-26(19)23-17-22(24-7-4-15-36-24)29-32(23)25(33)18-31(10-9-30-11-13-35-14-12-30)27(34)20-5-2-3-6-21(20)28/h2-8,15-16,23H,9-14,17-18H2,1H3/t23-/m0/s1. The van der Waals surface area contributed by atoms with Gasteiger partial charge < -0.3 is 9.64 Å². The van der Waals surface area contributed by atoms with Crippen molar-refractivity contribution in [3.8, 4) is 0 Å². The summed E-state index contributed by atoms with van der Waals surface area (Å²) in [5.41, 5.74) is 2.44. The van der Waals surface area contributed by atoms with Crippen molar-refractivity contribution in [2.45, 2.75) is 19.4 Å². The van der Waals surface area contributed by atoms with Gasteiger partial charge in [-0.05, 0) is 47.5 Å². The number of halogens is 1. The van der Waals surface area contributed by atoms with Crippen LogP contribution in [0.25, 0.3) is 0 Å². The molecule has 2 aliphatic rings. The molecule has 194 valence electrons. The summed E-state index contributed by atoms with van der Waals surface area (Å²) in [5.74, 6) is -0.454. The third-order valence-electron chi connectivity index (χ3n) is 6.68. The zero-order chi connectivity index (χ0) is 25.8. The number of ether oxygens (including phenoxy) is 1. The second-order valence-electron chi connectivity index (χ2n) is 9.11. The van der Waals surface area contributed by atoms with Crippen molar-refractivity contribution in [3.05, 3.63) is 79.1 Å². The fourth-order valence-electron chi connectivity index (χ4n) is 4.64. The number of hydrogen-bond acceptors (Lipinski definition) is 7. The Balaban J connectivity index is 1.40. The number of morpholine rings is 1. The largest absolute Gasteiger partial charge is 0.379 e. The minimum atomic E-state index is -0.252. The molecule has 10 heteroatoms. The zero-order valence-electron chi connectivity index (χ0n) is 20.6. The number of benzene rings is 1. The highest BCUT2D eigenvalue weighted by Crippen LogP contribution is 2.38. The van der Waals surface area contributed by atoms with Gasteiger partial charge in [0.2, 0.25) is 0 Å². The lowest BCUT2D eigenvalue weighted by Crippen LogP contribution is -2.46. The third kappa shape index (κ3) is 5.97. The molecule has 1 saturated heterocycles. The Morgan fingerprint density at radius 2 is 1.92 bits per heavy atom. The second kappa shape index (κ2) is 11.9. The van der Waals surface area contributed by atoms with Crippen molar-refractivity contribution in [2.24, 2.45) is 5.10 Å².